The number of rotatable bonds is 6. The van der Waals surface area contributed by atoms with Crippen molar-refractivity contribution in [3.63, 3.8) is 0 Å². The molecule has 0 heterocycles. The second kappa shape index (κ2) is 9.92. The number of benzene rings is 3. The molecular weight excluding hydrogens is 543 g/mol. The van der Waals surface area contributed by atoms with Crippen LogP contribution in [-0.4, -0.2) is 23.2 Å². The summed E-state index contributed by atoms with van der Waals surface area (Å²) in [4.78, 5) is 27.2. The first-order valence-corrected chi connectivity index (χ1v) is 11.6. The Hall–Kier alpha value is -2.81. The molecule has 2 unspecified atom stereocenters. The van der Waals surface area contributed by atoms with Crippen LogP contribution < -0.4 is 10.2 Å². The first-order chi connectivity index (χ1) is 16.9. The van der Waals surface area contributed by atoms with E-state index in [1.165, 1.54) is 60.5 Å². The minimum Gasteiger partial charge on any atom is -0.326 e. The molecule has 11 heteroatoms. The fourth-order valence-corrected chi connectivity index (χ4v) is 4.96. The Morgan fingerprint density at radius 1 is 1.00 bits per heavy atom. The number of nitrogens with zero attached hydrogens (tertiary/aromatic N) is 1. The maximum Gasteiger partial charge on any atom is 0.266 e. The van der Waals surface area contributed by atoms with Crippen LogP contribution in [0, 0.1) is 17.6 Å². The van der Waals surface area contributed by atoms with E-state index in [0.29, 0.717) is 5.69 Å². The molecule has 0 spiro atoms. The number of carbonyl (C=O) groups excluding carboxylic acids is 2. The van der Waals surface area contributed by atoms with E-state index >= 15 is 0 Å². The predicted octanol–water partition coefficient (Wildman–Crippen LogP) is 7.36. The third-order valence-electron chi connectivity index (χ3n) is 5.94. The second-order valence-electron chi connectivity index (χ2n) is 8.24. The van der Waals surface area contributed by atoms with Gasteiger partial charge in [0.05, 0.1) is 22.1 Å². The summed E-state index contributed by atoms with van der Waals surface area (Å²) in [5.41, 5.74) is 0.150. The number of hydrogen-bond donors (Lipinski definition) is 1. The Morgan fingerprint density at radius 3 is 2.28 bits per heavy atom. The quantitative estimate of drug-likeness (QED) is 0.253. The number of nitrogens with one attached hydrogen (secondary N) is 1. The number of carbonyl (C=O) groups is 2. The monoisotopic (exact) mass is 558 g/mol. The predicted molar refractivity (Wildman–Crippen MR) is 131 cm³/mol. The van der Waals surface area contributed by atoms with Gasteiger partial charge in [0.15, 0.2) is 0 Å². The summed E-state index contributed by atoms with van der Waals surface area (Å²) in [5, 5.41) is 2.73. The van der Waals surface area contributed by atoms with Gasteiger partial charge < -0.3 is 10.2 Å². The summed E-state index contributed by atoms with van der Waals surface area (Å²) in [6.07, 6.45) is -2.99. The molecule has 1 aliphatic carbocycles. The highest BCUT2D eigenvalue weighted by Gasteiger charge is 2.67. The molecular formula is C25H17Cl3F4N2O2. The van der Waals surface area contributed by atoms with Crippen LogP contribution in [-0.2, 0) is 4.79 Å². The molecule has 1 fully saturated rings. The van der Waals surface area contributed by atoms with Crippen molar-refractivity contribution < 1.29 is 27.2 Å². The second-order valence-corrected chi connectivity index (χ2v) is 10.1. The third kappa shape index (κ3) is 5.03. The molecule has 0 saturated heterocycles. The lowest BCUT2D eigenvalue weighted by Crippen LogP contribution is -2.26. The fraction of sp³-hybridized carbons (Fsp3) is 0.200. The van der Waals surface area contributed by atoms with Crippen LogP contribution in [0.1, 0.15) is 33.8 Å². The van der Waals surface area contributed by atoms with Crippen molar-refractivity contribution in [1.82, 2.24) is 0 Å². The summed E-state index contributed by atoms with van der Waals surface area (Å²) in [6.45, 7) is 0. The zero-order chi connectivity index (χ0) is 26.4. The largest absolute Gasteiger partial charge is 0.326 e. The summed E-state index contributed by atoms with van der Waals surface area (Å²) >= 11 is 18.8. The lowest BCUT2D eigenvalue weighted by Gasteiger charge is -2.18. The van der Waals surface area contributed by atoms with Crippen molar-refractivity contribution in [2.75, 3.05) is 17.3 Å². The molecule has 1 N–H and O–H groups in total. The van der Waals surface area contributed by atoms with E-state index in [4.69, 9.17) is 34.8 Å². The zero-order valence-electron chi connectivity index (χ0n) is 18.4. The normalized spacial score (nSPS) is 18.1. The molecule has 0 bridgehead atoms. The highest BCUT2D eigenvalue weighted by atomic mass is 35.5. The smallest absolute Gasteiger partial charge is 0.266 e. The molecule has 0 aromatic heterocycles. The number of alkyl halides is 4. The molecule has 3 aromatic rings. The summed E-state index contributed by atoms with van der Waals surface area (Å²) in [5.74, 6) is -4.54. The van der Waals surface area contributed by atoms with Gasteiger partial charge in [-0.3, -0.25) is 9.59 Å². The Kier molecular flexibility index (Phi) is 7.23. The summed E-state index contributed by atoms with van der Waals surface area (Å²) in [7, 11) is 1.49. The Labute approximate surface area is 218 Å². The van der Waals surface area contributed by atoms with Crippen LogP contribution in [0.5, 0.6) is 0 Å². The minimum absolute atomic E-state index is 0.0707. The van der Waals surface area contributed by atoms with Crippen LogP contribution in [0.25, 0.3) is 0 Å². The molecule has 188 valence electrons. The van der Waals surface area contributed by atoms with Crippen LogP contribution in [0.15, 0.2) is 60.7 Å². The Morgan fingerprint density at radius 2 is 1.67 bits per heavy atom. The minimum atomic E-state index is -2.99. The number of amides is 2. The molecule has 36 heavy (non-hydrogen) atoms. The standard InChI is InChI=1S/C25H17Cl3F4N2O2/c1-34(15-6-3-13(29)4-7-15)24(36)17-11-14(5-9-18(17)26)33-23(35)21-20(25(21,27)28)12-2-8-16(22(31)32)19(30)10-12/h2-11,20-22H,1H3,(H,33,35). The van der Waals surface area contributed by atoms with E-state index < -0.39 is 51.6 Å². The van der Waals surface area contributed by atoms with E-state index in [9.17, 15) is 27.2 Å². The van der Waals surface area contributed by atoms with Gasteiger partial charge >= 0.3 is 0 Å². The zero-order valence-corrected chi connectivity index (χ0v) is 20.7. The highest BCUT2D eigenvalue weighted by molar-refractivity contribution is 6.53. The van der Waals surface area contributed by atoms with E-state index in [0.717, 1.165) is 12.1 Å². The van der Waals surface area contributed by atoms with Crippen LogP contribution in [0.4, 0.5) is 28.9 Å². The van der Waals surface area contributed by atoms with Gasteiger partial charge in [-0.05, 0) is 54.1 Å². The molecule has 2 atom stereocenters. The number of halogens is 7. The van der Waals surface area contributed by atoms with Crippen molar-refractivity contribution in [3.8, 4) is 0 Å². The van der Waals surface area contributed by atoms with Crippen molar-refractivity contribution in [2.24, 2.45) is 5.92 Å². The number of anilines is 2. The SMILES string of the molecule is CN(C(=O)c1cc(NC(=O)C2C(c3ccc(C(F)F)c(F)c3)C2(Cl)Cl)ccc1Cl)c1ccc(F)cc1. The van der Waals surface area contributed by atoms with Gasteiger partial charge in [-0.25, -0.2) is 17.6 Å². The fourth-order valence-electron chi connectivity index (χ4n) is 3.93. The third-order valence-corrected chi connectivity index (χ3v) is 7.21. The molecule has 0 aliphatic heterocycles. The molecule has 1 aliphatic rings. The molecule has 1 saturated carbocycles. The van der Waals surface area contributed by atoms with Crippen molar-refractivity contribution in [3.05, 3.63) is 94.0 Å². The highest BCUT2D eigenvalue weighted by Crippen LogP contribution is 2.65. The van der Waals surface area contributed by atoms with Gasteiger partial charge in [-0.15, -0.1) is 23.2 Å². The molecule has 3 aromatic carbocycles. The average molecular weight is 560 g/mol. The van der Waals surface area contributed by atoms with Gasteiger partial charge in [-0.2, -0.15) is 0 Å². The number of hydrogen-bond acceptors (Lipinski definition) is 2. The van der Waals surface area contributed by atoms with Gasteiger partial charge in [0.25, 0.3) is 12.3 Å². The van der Waals surface area contributed by atoms with Gasteiger partial charge in [-0.1, -0.05) is 23.7 Å². The van der Waals surface area contributed by atoms with Gasteiger partial charge in [0, 0.05) is 24.3 Å². The summed E-state index contributed by atoms with van der Waals surface area (Å²) < 4.78 is 51.4. The lowest BCUT2D eigenvalue weighted by molar-refractivity contribution is -0.117. The van der Waals surface area contributed by atoms with Crippen molar-refractivity contribution in [1.29, 1.82) is 0 Å². The van der Waals surface area contributed by atoms with E-state index in [1.807, 2.05) is 0 Å². The van der Waals surface area contributed by atoms with Crippen molar-refractivity contribution in [2.45, 2.75) is 16.7 Å². The Balaban J connectivity index is 1.52. The van der Waals surface area contributed by atoms with Crippen LogP contribution in [0.3, 0.4) is 0 Å². The topological polar surface area (TPSA) is 49.4 Å². The molecule has 4 rings (SSSR count). The molecule has 0 radical (unpaired) electrons. The van der Waals surface area contributed by atoms with E-state index in [2.05, 4.69) is 5.32 Å². The van der Waals surface area contributed by atoms with Crippen LogP contribution >= 0.6 is 34.8 Å². The van der Waals surface area contributed by atoms with Crippen LogP contribution in [0.2, 0.25) is 5.02 Å². The maximum atomic E-state index is 14.0. The van der Waals surface area contributed by atoms with E-state index in [-0.39, 0.29) is 21.8 Å². The molecule has 4 nitrogen and oxygen atoms in total. The maximum absolute atomic E-state index is 14.0. The first kappa shape index (κ1) is 26.3. The lowest BCUT2D eigenvalue weighted by atomic mass is 10.1. The molecule has 2 amide bonds. The first-order valence-electron chi connectivity index (χ1n) is 10.5. The van der Waals surface area contributed by atoms with Crippen molar-refractivity contribution >= 4 is 58.0 Å². The summed E-state index contributed by atoms with van der Waals surface area (Å²) in [6, 6.07) is 12.6. The van der Waals surface area contributed by atoms with E-state index in [1.54, 1.807) is 0 Å². The Bertz CT molecular complexity index is 1340. The van der Waals surface area contributed by atoms with Gasteiger partial charge in [0.2, 0.25) is 5.91 Å². The van der Waals surface area contributed by atoms with Gasteiger partial charge in [0.1, 0.15) is 16.0 Å². The average Bonchev–Trinajstić information content (AvgIpc) is 3.41.